The topological polar surface area (TPSA) is 131 Å². The minimum absolute atomic E-state index is 0.0372. The maximum absolute atomic E-state index is 12.6. The van der Waals surface area contributed by atoms with E-state index >= 15 is 0 Å². The molecule has 3 rings (SSSR count). The molecule has 0 bridgehead atoms. The van der Waals surface area contributed by atoms with Gasteiger partial charge in [0.25, 0.3) is 0 Å². The lowest BCUT2D eigenvalue weighted by atomic mass is 10.2. The van der Waals surface area contributed by atoms with E-state index in [1.165, 1.54) is 0 Å². The number of anilines is 2. The Hall–Kier alpha value is -3.33. The minimum atomic E-state index is -0.530. The molecule has 0 aliphatic rings. The molecular weight excluding hydrogens is 384 g/mol. The summed E-state index contributed by atoms with van der Waals surface area (Å²) >= 11 is 6.14. The Kier molecular flexibility index (Phi) is 5.36. The molecule has 0 amide bonds. The van der Waals surface area contributed by atoms with E-state index in [2.05, 4.69) is 15.0 Å². The average Bonchev–Trinajstić information content (AvgIpc) is 2.93. The summed E-state index contributed by atoms with van der Waals surface area (Å²) in [4.78, 5) is 24.0. The Balaban J connectivity index is 1.89. The summed E-state index contributed by atoms with van der Waals surface area (Å²) in [5, 5.41) is 0.553. The molecule has 0 aliphatic carbocycles. The van der Waals surface area contributed by atoms with Crippen LogP contribution in [0.1, 0.15) is 27.6 Å². The lowest BCUT2D eigenvalue weighted by Gasteiger charge is -2.14. The highest BCUT2D eigenvalue weighted by atomic mass is 35.5. The van der Waals surface area contributed by atoms with Gasteiger partial charge in [-0.3, -0.25) is 0 Å². The van der Waals surface area contributed by atoms with Crippen LogP contribution in [0.5, 0.6) is 5.75 Å². The third kappa shape index (κ3) is 3.84. The lowest BCUT2D eigenvalue weighted by molar-refractivity contribution is 0.0461. The maximum Gasteiger partial charge on any atom is 0.340 e. The van der Waals surface area contributed by atoms with Gasteiger partial charge in [-0.15, -0.1) is 0 Å². The van der Waals surface area contributed by atoms with Crippen molar-refractivity contribution in [2.24, 2.45) is 0 Å². The van der Waals surface area contributed by atoms with E-state index < -0.39 is 5.97 Å². The van der Waals surface area contributed by atoms with Crippen molar-refractivity contribution in [3.8, 4) is 11.4 Å². The van der Waals surface area contributed by atoms with Gasteiger partial charge in [0.2, 0.25) is 11.9 Å². The lowest BCUT2D eigenvalue weighted by Crippen LogP contribution is -2.12. The number of benzene rings is 1. The zero-order chi connectivity index (χ0) is 20.4. The number of rotatable bonds is 5. The first-order valence-electron chi connectivity index (χ1n) is 8.26. The van der Waals surface area contributed by atoms with Crippen LogP contribution in [0.3, 0.4) is 0 Å². The number of hydrogen-bond donors (Lipinski definition) is 2. The summed E-state index contributed by atoms with van der Waals surface area (Å²) < 4.78 is 12.6. The van der Waals surface area contributed by atoms with Crippen molar-refractivity contribution in [1.29, 1.82) is 0 Å². The number of nitrogens with zero attached hydrogens (tertiary/aromatic N) is 4. The highest BCUT2D eigenvalue weighted by Crippen LogP contribution is 2.30. The second-order valence-corrected chi connectivity index (χ2v) is 6.42. The summed E-state index contributed by atoms with van der Waals surface area (Å²) in [7, 11) is 1.57. The monoisotopic (exact) mass is 402 g/mol. The summed E-state index contributed by atoms with van der Waals surface area (Å²) in [6.45, 7) is 3.50. The zero-order valence-corrected chi connectivity index (χ0v) is 16.3. The summed E-state index contributed by atoms with van der Waals surface area (Å²) in [5.74, 6) is 0.193. The van der Waals surface area contributed by atoms with Crippen molar-refractivity contribution in [1.82, 2.24) is 19.5 Å². The van der Waals surface area contributed by atoms with E-state index in [4.69, 9.17) is 32.5 Å². The van der Waals surface area contributed by atoms with Gasteiger partial charge < -0.3 is 25.5 Å². The first-order chi connectivity index (χ1) is 13.3. The Morgan fingerprint density at radius 2 is 1.82 bits per heavy atom. The molecule has 9 nitrogen and oxygen atoms in total. The Morgan fingerprint density at radius 1 is 1.14 bits per heavy atom. The smallest absolute Gasteiger partial charge is 0.340 e. The van der Waals surface area contributed by atoms with Crippen molar-refractivity contribution >= 4 is 29.5 Å². The number of esters is 1. The van der Waals surface area contributed by atoms with E-state index in [0.717, 1.165) is 11.4 Å². The van der Waals surface area contributed by atoms with Gasteiger partial charge in [0.15, 0.2) is 12.4 Å². The number of hydrogen-bond acceptors (Lipinski definition) is 8. The van der Waals surface area contributed by atoms with Gasteiger partial charge in [-0.1, -0.05) is 11.6 Å². The molecule has 0 fully saturated rings. The summed E-state index contributed by atoms with van der Waals surface area (Å²) in [5.41, 5.74) is 13.7. The van der Waals surface area contributed by atoms with Gasteiger partial charge in [0.05, 0.1) is 18.4 Å². The van der Waals surface area contributed by atoms with Crippen molar-refractivity contribution in [3.63, 3.8) is 0 Å². The van der Waals surface area contributed by atoms with Crippen molar-refractivity contribution in [3.05, 3.63) is 52.1 Å². The highest BCUT2D eigenvalue weighted by molar-refractivity contribution is 6.30. The molecule has 2 aromatic heterocycles. The number of carbonyl (C=O) groups is 1. The van der Waals surface area contributed by atoms with E-state index in [9.17, 15) is 4.79 Å². The molecule has 28 heavy (non-hydrogen) atoms. The van der Waals surface area contributed by atoms with Gasteiger partial charge in [0, 0.05) is 16.4 Å². The normalized spacial score (nSPS) is 10.7. The predicted octanol–water partition coefficient (Wildman–Crippen LogP) is 2.46. The Labute approximate surface area is 166 Å². The number of nitrogen functional groups attached to an aromatic ring is 2. The van der Waals surface area contributed by atoms with Gasteiger partial charge in [-0.25, -0.2) is 4.79 Å². The quantitative estimate of drug-likeness (QED) is 0.622. The van der Waals surface area contributed by atoms with Crippen LogP contribution in [-0.2, 0) is 11.3 Å². The number of halogens is 1. The number of carbonyl (C=O) groups excluding carboxylic acids is 1. The van der Waals surface area contributed by atoms with Crippen LogP contribution in [0.2, 0.25) is 5.02 Å². The molecule has 0 atom stereocenters. The first-order valence-corrected chi connectivity index (χ1v) is 8.63. The molecule has 0 saturated heterocycles. The van der Waals surface area contributed by atoms with Crippen LogP contribution >= 0.6 is 11.6 Å². The van der Waals surface area contributed by atoms with E-state index in [1.54, 1.807) is 31.4 Å². The van der Waals surface area contributed by atoms with Crippen molar-refractivity contribution in [2.75, 3.05) is 18.6 Å². The van der Waals surface area contributed by atoms with Crippen molar-refractivity contribution < 1.29 is 14.3 Å². The summed E-state index contributed by atoms with van der Waals surface area (Å²) in [6.07, 6.45) is 0. The molecule has 146 valence electrons. The Morgan fingerprint density at radius 3 is 2.46 bits per heavy atom. The van der Waals surface area contributed by atoms with Crippen LogP contribution < -0.4 is 16.2 Å². The van der Waals surface area contributed by atoms with Crippen LogP contribution in [0.4, 0.5) is 11.9 Å². The fourth-order valence-corrected chi connectivity index (χ4v) is 3.07. The first kappa shape index (κ1) is 19.4. The Bertz CT molecular complexity index is 1030. The van der Waals surface area contributed by atoms with E-state index in [1.807, 2.05) is 18.4 Å². The predicted molar refractivity (Wildman–Crippen MR) is 105 cm³/mol. The third-order valence-corrected chi connectivity index (χ3v) is 4.32. The minimum Gasteiger partial charge on any atom is -0.495 e. The highest BCUT2D eigenvalue weighted by Gasteiger charge is 2.20. The number of aromatic nitrogens is 4. The fourth-order valence-electron chi connectivity index (χ4n) is 2.91. The molecule has 0 aliphatic heterocycles. The molecule has 2 heterocycles. The second-order valence-electron chi connectivity index (χ2n) is 5.98. The SMILES string of the molecule is COc1ccc(Cl)cc1-n1c(C)cc(C(=O)OCc2nc(N)nc(N)n2)c1C. The number of ether oxygens (including phenoxy) is 2. The fraction of sp³-hybridized carbons (Fsp3) is 0.222. The maximum atomic E-state index is 12.6. The van der Waals surface area contributed by atoms with E-state index in [-0.39, 0.29) is 24.3 Å². The molecule has 10 heteroatoms. The molecular formula is C18H19ClN6O3. The zero-order valence-electron chi connectivity index (χ0n) is 15.6. The number of nitrogens with two attached hydrogens (primary N) is 2. The molecule has 0 radical (unpaired) electrons. The van der Waals surface area contributed by atoms with Crippen LogP contribution in [0.15, 0.2) is 24.3 Å². The van der Waals surface area contributed by atoms with Crippen LogP contribution in [-0.4, -0.2) is 32.6 Å². The van der Waals surface area contributed by atoms with E-state index in [0.29, 0.717) is 22.0 Å². The summed E-state index contributed by atoms with van der Waals surface area (Å²) in [6, 6.07) is 7.00. The van der Waals surface area contributed by atoms with Gasteiger partial charge in [0.1, 0.15) is 5.75 Å². The molecule has 3 aromatic rings. The third-order valence-electron chi connectivity index (χ3n) is 4.08. The molecule has 4 N–H and O–H groups in total. The van der Waals surface area contributed by atoms with Gasteiger partial charge in [-0.05, 0) is 38.1 Å². The largest absolute Gasteiger partial charge is 0.495 e. The number of methoxy groups -OCH3 is 1. The van der Waals surface area contributed by atoms with Crippen LogP contribution in [0.25, 0.3) is 5.69 Å². The van der Waals surface area contributed by atoms with Gasteiger partial charge >= 0.3 is 5.97 Å². The molecule has 0 spiro atoms. The van der Waals surface area contributed by atoms with Gasteiger partial charge in [-0.2, -0.15) is 15.0 Å². The standard InChI is InChI=1S/C18H19ClN6O3/c1-9-6-12(16(26)28-8-15-22-17(20)24-18(21)23-15)10(2)25(9)13-7-11(19)4-5-14(13)27-3/h4-7H,8H2,1-3H3,(H4,20,21,22,23,24). The average molecular weight is 403 g/mol. The second kappa shape index (κ2) is 7.73. The molecule has 0 unspecified atom stereocenters. The molecule has 0 saturated carbocycles. The van der Waals surface area contributed by atoms with Crippen LogP contribution in [0, 0.1) is 13.8 Å². The van der Waals surface area contributed by atoms with Crippen molar-refractivity contribution in [2.45, 2.75) is 20.5 Å². The number of aryl methyl sites for hydroxylation is 1. The molecule has 1 aromatic carbocycles.